The minimum atomic E-state index is 0.155. The van der Waals surface area contributed by atoms with Gasteiger partial charge in [-0.1, -0.05) is 0 Å². The Labute approximate surface area is 112 Å². The van der Waals surface area contributed by atoms with Gasteiger partial charge >= 0.3 is 12.0 Å². The van der Waals surface area contributed by atoms with Crippen LogP contribution in [0.25, 0.3) is 0 Å². The van der Waals surface area contributed by atoms with Gasteiger partial charge < -0.3 is 19.5 Å². The lowest BCUT2D eigenvalue weighted by molar-refractivity contribution is 0.281. The number of nitrogens with zero attached hydrogens (tertiary/aromatic N) is 4. The molecule has 0 saturated heterocycles. The average molecular weight is 268 g/mol. The summed E-state index contributed by atoms with van der Waals surface area (Å²) in [6.45, 7) is 0.875. The van der Waals surface area contributed by atoms with Crippen LogP contribution in [-0.2, 0) is 0 Å². The van der Waals surface area contributed by atoms with Crippen molar-refractivity contribution in [2.24, 2.45) is 0 Å². The topological polar surface area (TPSA) is 80.6 Å². The fraction of sp³-hybridized carbons (Fsp3) is 0.750. The van der Waals surface area contributed by atoms with Crippen molar-refractivity contribution >= 4 is 5.95 Å². The molecule has 0 amide bonds. The molecule has 1 aliphatic carbocycles. The van der Waals surface area contributed by atoms with Crippen LogP contribution in [0.1, 0.15) is 25.7 Å². The van der Waals surface area contributed by atoms with Crippen LogP contribution in [0.3, 0.4) is 0 Å². The molecule has 0 aliphatic heterocycles. The molecule has 0 atom stereocenters. The number of hydrogen-bond donors (Lipinski definition) is 1. The Hall–Kier alpha value is -1.63. The second-order valence-electron chi connectivity index (χ2n) is 4.46. The van der Waals surface area contributed by atoms with Gasteiger partial charge in [0.2, 0.25) is 5.95 Å². The Kier molecular flexibility index (Phi) is 4.73. The van der Waals surface area contributed by atoms with Crippen LogP contribution in [0.15, 0.2) is 0 Å². The van der Waals surface area contributed by atoms with Crippen LogP contribution >= 0.6 is 0 Å². The third-order valence-corrected chi connectivity index (χ3v) is 3.28. The fourth-order valence-corrected chi connectivity index (χ4v) is 2.02. The van der Waals surface area contributed by atoms with Gasteiger partial charge in [0.15, 0.2) is 0 Å². The number of hydrogen-bond acceptors (Lipinski definition) is 7. The van der Waals surface area contributed by atoms with Crippen molar-refractivity contribution in [1.29, 1.82) is 0 Å². The van der Waals surface area contributed by atoms with Gasteiger partial charge in [-0.05, 0) is 25.7 Å². The summed E-state index contributed by atoms with van der Waals surface area (Å²) in [5.74, 6) is 0.557. The average Bonchev–Trinajstić information content (AvgIpc) is 2.40. The quantitative estimate of drug-likeness (QED) is 0.776. The molecule has 1 saturated carbocycles. The molecule has 0 aromatic carbocycles. The van der Waals surface area contributed by atoms with Gasteiger partial charge in [-0.25, -0.2) is 0 Å². The molecular formula is C12H20N4O3. The lowest BCUT2D eigenvalue weighted by Crippen LogP contribution is -2.42. The third-order valence-electron chi connectivity index (χ3n) is 3.28. The SMILES string of the molecule is COc1nc(OC)nc(N(CCCO)C2CCC2)n1. The monoisotopic (exact) mass is 268 g/mol. The van der Waals surface area contributed by atoms with Crippen LogP contribution < -0.4 is 14.4 Å². The summed E-state index contributed by atoms with van der Waals surface area (Å²) in [6.07, 6.45) is 4.16. The first-order valence-corrected chi connectivity index (χ1v) is 6.50. The van der Waals surface area contributed by atoms with E-state index in [0.717, 1.165) is 19.4 Å². The van der Waals surface area contributed by atoms with Gasteiger partial charge in [0.05, 0.1) is 14.2 Å². The maximum absolute atomic E-state index is 9.01. The zero-order chi connectivity index (χ0) is 13.7. The Balaban J connectivity index is 2.23. The number of aromatic nitrogens is 3. The van der Waals surface area contributed by atoms with Gasteiger partial charge in [-0.2, -0.15) is 9.97 Å². The Bertz CT molecular complexity index is 390. The lowest BCUT2D eigenvalue weighted by Gasteiger charge is -2.37. The van der Waals surface area contributed by atoms with Crippen LogP contribution in [-0.4, -0.2) is 53.5 Å². The first kappa shape index (κ1) is 13.8. The maximum atomic E-state index is 9.01. The van der Waals surface area contributed by atoms with Gasteiger partial charge in [-0.15, -0.1) is 4.98 Å². The molecule has 2 rings (SSSR count). The largest absolute Gasteiger partial charge is 0.467 e. The van der Waals surface area contributed by atoms with Crippen LogP contribution in [0.2, 0.25) is 0 Å². The molecular weight excluding hydrogens is 248 g/mol. The Morgan fingerprint density at radius 3 is 2.21 bits per heavy atom. The zero-order valence-corrected chi connectivity index (χ0v) is 11.4. The minimum Gasteiger partial charge on any atom is -0.467 e. The van der Waals surface area contributed by atoms with E-state index in [9.17, 15) is 0 Å². The van der Waals surface area contributed by atoms with E-state index < -0.39 is 0 Å². The van der Waals surface area contributed by atoms with Gasteiger partial charge in [0, 0.05) is 19.2 Å². The van der Waals surface area contributed by atoms with Crippen molar-refractivity contribution in [3.05, 3.63) is 0 Å². The molecule has 1 aromatic heterocycles. The first-order valence-electron chi connectivity index (χ1n) is 6.50. The van der Waals surface area contributed by atoms with E-state index >= 15 is 0 Å². The minimum absolute atomic E-state index is 0.155. The van der Waals surface area contributed by atoms with Gasteiger partial charge in [-0.3, -0.25) is 0 Å². The second kappa shape index (κ2) is 6.51. The summed E-state index contributed by atoms with van der Waals surface area (Å²) in [4.78, 5) is 14.6. The van der Waals surface area contributed by atoms with Crippen molar-refractivity contribution in [3.63, 3.8) is 0 Å². The highest BCUT2D eigenvalue weighted by Crippen LogP contribution is 2.29. The number of anilines is 1. The normalized spacial score (nSPS) is 14.9. The third kappa shape index (κ3) is 3.23. The molecule has 0 spiro atoms. The van der Waals surface area contributed by atoms with E-state index in [-0.39, 0.29) is 18.6 Å². The molecule has 7 heteroatoms. The zero-order valence-electron chi connectivity index (χ0n) is 11.4. The van der Waals surface area contributed by atoms with Gasteiger partial charge in [0.1, 0.15) is 0 Å². The molecule has 19 heavy (non-hydrogen) atoms. The van der Waals surface area contributed by atoms with Crippen molar-refractivity contribution in [2.75, 3.05) is 32.3 Å². The summed E-state index contributed by atoms with van der Waals surface area (Å²) in [7, 11) is 3.03. The number of aliphatic hydroxyl groups excluding tert-OH is 1. The number of ether oxygens (including phenoxy) is 2. The smallest absolute Gasteiger partial charge is 0.324 e. The van der Waals surface area contributed by atoms with Crippen molar-refractivity contribution in [1.82, 2.24) is 15.0 Å². The summed E-state index contributed by atoms with van der Waals surface area (Å²) in [5, 5.41) is 9.01. The molecule has 1 fully saturated rings. The lowest BCUT2D eigenvalue weighted by atomic mass is 9.91. The predicted octanol–water partition coefficient (Wildman–Crippen LogP) is 0.630. The Morgan fingerprint density at radius 1 is 1.16 bits per heavy atom. The van der Waals surface area contributed by atoms with E-state index in [1.54, 1.807) is 0 Å². The highest BCUT2D eigenvalue weighted by atomic mass is 16.5. The fourth-order valence-electron chi connectivity index (χ4n) is 2.02. The van der Waals surface area contributed by atoms with Crippen LogP contribution in [0.5, 0.6) is 12.0 Å². The molecule has 1 aliphatic rings. The highest BCUT2D eigenvalue weighted by Gasteiger charge is 2.27. The molecule has 1 heterocycles. The van der Waals surface area contributed by atoms with Crippen molar-refractivity contribution in [2.45, 2.75) is 31.7 Å². The molecule has 106 valence electrons. The second-order valence-corrected chi connectivity index (χ2v) is 4.46. The van der Waals surface area contributed by atoms with E-state index in [1.165, 1.54) is 20.6 Å². The number of aliphatic hydroxyl groups is 1. The van der Waals surface area contributed by atoms with Crippen LogP contribution in [0.4, 0.5) is 5.95 Å². The van der Waals surface area contributed by atoms with Crippen molar-refractivity contribution < 1.29 is 14.6 Å². The molecule has 7 nitrogen and oxygen atoms in total. The number of methoxy groups -OCH3 is 2. The summed E-state index contributed by atoms with van der Waals surface area (Å²) in [6, 6.07) is 0.925. The first-order chi connectivity index (χ1) is 9.28. The molecule has 1 aromatic rings. The Morgan fingerprint density at radius 2 is 1.79 bits per heavy atom. The highest BCUT2D eigenvalue weighted by molar-refractivity contribution is 5.34. The molecule has 0 radical (unpaired) electrons. The van der Waals surface area contributed by atoms with E-state index in [4.69, 9.17) is 14.6 Å². The predicted molar refractivity (Wildman–Crippen MR) is 69.6 cm³/mol. The summed E-state index contributed by atoms with van der Waals surface area (Å²) in [5.41, 5.74) is 0. The van der Waals surface area contributed by atoms with E-state index in [2.05, 4.69) is 19.9 Å². The number of rotatable bonds is 7. The van der Waals surface area contributed by atoms with E-state index in [1.807, 2.05) is 0 Å². The van der Waals surface area contributed by atoms with Crippen molar-refractivity contribution in [3.8, 4) is 12.0 Å². The standard InChI is InChI=1S/C12H20N4O3/c1-18-11-13-10(14-12(15-11)19-2)16(7-4-8-17)9-5-3-6-9/h9,17H,3-8H2,1-2H3. The molecule has 0 unspecified atom stereocenters. The summed E-state index contributed by atoms with van der Waals surface area (Å²) < 4.78 is 10.1. The summed E-state index contributed by atoms with van der Waals surface area (Å²) >= 11 is 0. The molecule has 0 bridgehead atoms. The van der Waals surface area contributed by atoms with Crippen LogP contribution in [0, 0.1) is 0 Å². The van der Waals surface area contributed by atoms with Gasteiger partial charge in [0.25, 0.3) is 0 Å². The van der Waals surface area contributed by atoms with E-state index in [0.29, 0.717) is 18.4 Å². The maximum Gasteiger partial charge on any atom is 0.324 e. The molecule has 1 N–H and O–H groups in total.